The van der Waals surface area contributed by atoms with Gasteiger partial charge in [-0.3, -0.25) is 0 Å². The van der Waals surface area contributed by atoms with Gasteiger partial charge in [-0.1, -0.05) is 46.7 Å². The van der Waals surface area contributed by atoms with Gasteiger partial charge in [-0.15, -0.1) is 10.2 Å². The Morgan fingerprint density at radius 1 is 1.11 bits per heavy atom. The number of hydrogen-bond acceptors (Lipinski definition) is 5. The lowest BCUT2D eigenvalue weighted by Crippen LogP contribution is -2.00. The summed E-state index contributed by atoms with van der Waals surface area (Å²) in [6.07, 6.45) is 3.66. The van der Waals surface area contributed by atoms with E-state index in [9.17, 15) is 0 Å². The van der Waals surface area contributed by atoms with Crippen LogP contribution in [-0.4, -0.2) is 28.2 Å². The third-order valence-electron chi connectivity index (χ3n) is 3.87. The predicted molar refractivity (Wildman–Crippen MR) is 114 cm³/mol. The van der Waals surface area contributed by atoms with Crippen LogP contribution in [-0.2, 0) is 12.2 Å². The van der Waals surface area contributed by atoms with E-state index in [2.05, 4.69) is 50.3 Å². The van der Waals surface area contributed by atoms with E-state index in [1.807, 2.05) is 47.3 Å². The van der Waals surface area contributed by atoms with E-state index in [-0.39, 0.29) is 0 Å². The van der Waals surface area contributed by atoms with Gasteiger partial charge in [0, 0.05) is 16.6 Å². The lowest BCUT2D eigenvalue weighted by Gasteiger charge is -2.05. The maximum absolute atomic E-state index is 5.20. The Kier molecular flexibility index (Phi) is 7.06. The molecule has 0 atom stereocenters. The molecule has 0 saturated heterocycles. The van der Waals surface area contributed by atoms with Crippen LogP contribution in [0.4, 0.5) is 0 Å². The Balaban J connectivity index is 1.77. The van der Waals surface area contributed by atoms with E-state index < -0.39 is 0 Å². The molecule has 1 heterocycles. The second-order valence-corrected chi connectivity index (χ2v) is 7.75. The van der Waals surface area contributed by atoms with Crippen molar-refractivity contribution in [2.45, 2.75) is 30.7 Å². The van der Waals surface area contributed by atoms with Crippen molar-refractivity contribution < 1.29 is 4.74 Å². The first-order chi connectivity index (χ1) is 13.2. The van der Waals surface area contributed by atoms with E-state index in [1.54, 1.807) is 18.9 Å². The van der Waals surface area contributed by atoms with Gasteiger partial charge in [0.05, 0.1) is 13.3 Å². The van der Waals surface area contributed by atoms with Crippen LogP contribution in [0.1, 0.15) is 30.3 Å². The number of methoxy groups -OCH3 is 1. The van der Waals surface area contributed by atoms with Gasteiger partial charge in [0.25, 0.3) is 0 Å². The zero-order valence-electron chi connectivity index (χ0n) is 15.3. The summed E-state index contributed by atoms with van der Waals surface area (Å²) < 4.78 is 8.12. The highest BCUT2D eigenvalue weighted by Crippen LogP contribution is 2.23. The molecular weight excluding hydrogens is 424 g/mol. The number of rotatable bonds is 8. The van der Waals surface area contributed by atoms with Crippen molar-refractivity contribution in [1.82, 2.24) is 14.9 Å². The number of aryl methyl sites for hydroxylation is 1. The molecule has 0 bridgehead atoms. The summed E-state index contributed by atoms with van der Waals surface area (Å²) in [4.78, 5) is 0. The predicted octanol–water partition coefficient (Wildman–Crippen LogP) is 5.18. The topological polar surface area (TPSA) is 52.3 Å². The van der Waals surface area contributed by atoms with E-state index in [0.29, 0.717) is 0 Å². The molecule has 0 N–H and O–H groups in total. The number of halogens is 1. The summed E-state index contributed by atoms with van der Waals surface area (Å²) in [5.41, 5.74) is 2.23. The van der Waals surface area contributed by atoms with Gasteiger partial charge in [-0.2, -0.15) is 9.78 Å². The quantitative estimate of drug-likeness (QED) is 0.354. The van der Waals surface area contributed by atoms with Crippen molar-refractivity contribution in [3.63, 3.8) is 0 Å². The van der Waals surface area contributed by atoms with E-state index >= 15 is 0 Å². The molecular formula is C20H21BrN4OS. The number of ether oxygens (including phenoxy) is 1. The van der Waals surface area contributed by atoms with E-state index in [1.165, 1.54) is 5.56 Å². The molecule has 2 aromatic carbocycles. The first kappa shape index (κ1) is 19.6. The molecule has 0 spiro atoms. The summed E-state index contributed by atoms with van der Waals surface area (Å²) in [5, 5.41) is 14.1. The molecule has 7 heteroatoms. The van der Waals surface area contributed by atoms with Gasteiger partial charge >= 0.3 is 0 Å². The number of hydrogen-bond donors (Lipinski definition) is 0. The lowest BCUT2D eigenvalue weighted by atomic mass is 10.2. The highest BCUT2D eigenvalue weighted by atomic mass is 79.9. The molecule has 0 aliphatic heterocycles. The van der Waals surface area contributed by atoms with Crippen LogP contribution in [0.5, 0.6) is 5.75 Å². The van der Waals surface area contributed by atoms with Crippen molar-refractivity contribution >= 4 is 33.9 Å². The minimum atomic E-state index is 0.797. The Bertz CT molecular complexity index is 891. The van der Waals surface area contributed by atoms with E-state index in [4.69, 9.17) is 4.74 Å². The van der Waals surface area contributed by atoms with Crippen LogP contribution in [0.25, 0.3) is 0 Å². The minimum Gasteiger partial charge on any atom is -0.497 e. The molecule has 0 saturated carbocycles. The standard InChI is InChI=1S/C20H21BrN4OS/c1-3-4-19-23-24-20(27-14-16-5-9-17(21)10-6-16)25(19)22-13-15-7-11-18(26-2)12-8-15/h5-13H,3-4,14H2,1-2H3/b22-13+. The third kappa shape index (κ3) is 5.43. The smallest absolute Gasteiger partial charge is 0.212 e. The number of aromatic nitrogens is 3. The van der Waals surface area contributed by atoms with Gasteiger partial charge in [-0.05, 0) is 53.9 Å². The van der Waals surface area contributed by atoms with Gasteiger partial charge in [-0.25, -0.2) is 0 Å². The SMILES string of the molecule is CCCc1nnc(SCc2ccc(Br)cc2)n1/N=C/c1ccc(OC)cc1. The van der Waals surface area contributed by atoms with Crippen LogP contribution in [0.3, 0.4) is 0 Å². The van der Waals surface area contributed by atoms with Crippen molar-refractivity contribution in [2.75, 3.05) is 7.11 Å². The van der Waals surface area contributed by atoms with Crippen molar-refractivity contribution in [1.29, 1.82) is 0 Å². The van der Waals surface area contributed by atoms with Crippen molar-refractivity contribution in [2.24, 2.45) is 5.10 Å². The monoisotopic (exact) mass is 444 g/mol. The van der Waals surface area contributed by atoms with Gasteiger partial charge in [0.2, 0.25) is 5.16 Å². The van der Waals surface area contributed by atoms with Gasteiger partial charge in [0.1, 0.15) is 5.75 Å². The lowest BCUT2D eigenvalue weighted by molar-refractivity contribution is 0.415. The van der Waals surface area contributed by atoms with Gasteiger partial charge in [0.15, 0.2) is 5.82 Å². The summed E-state index contributed by atoms with van der Waals surface area (Å²) in [6.45, 7) is 2.13. The first-order valence-electron chi connectivity index (χ1n) is 8.69. The molecule has 0 fully saturated rings. The molecule has 5 nitrogen and oxygen atoms in total. The number of thioether (sulfide) groups is 1. The molecule has 3 rings (SSSR count). The van der Waals surface area contributed by atoms with Crippen LogP contribution >= 0.6 is 27.7 Å². The fourth-order valence-corrected chi connectivity index (χ4v) is 3.55. The zero-order chi connectivity index (χ0) is 19.1. The Morgan fingerprint density at radius 2 is 1.85 bits per heavy atom. The maximum atomic E-state index is 5.20. The Morgan fingerprint density at radius 3 is 2.52 bits per heavy atom. The van der Waals surface area contributed by atoms with Crippen molar-refractivity contribution in [3.05, 3.63) is 70.0 Å². The fourth-order valence-electron chi connectivity index (χ4n) is 2.42. The molecule has 3 aromatic rings. The van der Waals surface area contributed by atoms with Gasteiger partial charge < -0.3 is 4.74 Å². The average molecular weight is 445 g/mol. The summed E-state index contributed by atoms with van der Waals surface area (Å²) >= 11 is 5.10. The summed E-state index contributed by atoms with van der Waals surface area (Å²) in [6, 6.07) is 16.1. The zero-order valence-corrected chi connectivity index (χ0v) is 17.7. The van der Waals surface area contributed by atoms with Crippen LogP contribution < -0.4 is 4.74 Å². The first-order valence-corrected chi connectivity index (χ1v) is 10.5. The highest BCUT2D eigenvalue weighted by molar-refractivity contribution is 9.10. The molecule has 0 aliphatic rings. The Hall–Kier alpha value is -2.12. The van der Waals surface area contributed by atoms with Crippen LogP contribution in [0.15, 0.2) is 63.3 Å². The fraction of sp³-hybridized carbons (Fsp3) is 0.250. The molecule has 0 unspecified atom stereocenters. The second kappa shape index (κ2) is 9.71. The maximum Gasteiger partial charge on any atom is 0.212 e. The summed E-state index contributed by atoms with van der Waals surface area (Å²) in [5.74, 6) is 2.52. The van der Waals surface area contributed by atoms with Crippen molar-refractivity contribution in [3.8, 4) is 5.75 Å². The molecule has 140 valence electrons. The molecule has 0 amide bonds. The molecule has 0 radical (unpaired) electrons. The summed E-state index contributed by atoms with van der Waals surface area (Å²) in [7, 11) is 1.66. The van der Waals surface area contributed by atoms with Crippen LogP contribution in [0, 0.1) is 0 Å². The molecule has 0 aliphatic carbocycles. The minimum absolute atomic E-state index is 0.797. The van der Waals surface area contributed by atoms with E-state index in [0.717, 1.165) is 45.4 Å². The number of nitrogens with zero attached hydrogens (tertiary/aromatic N) is 4. The number of benzene rings is 2. The largest absolute Gasteiger partial charge is 0.497 e. The normalized spacial score (nSPS) is 11.2. The second-order valence-electron chi connectivity index (χ2n) is 5.89. The Labute approximate surface area is 172 Å². The third-order valence-corrected chi connectivity index (χ3v) is 5.39. The average Bonchev–Trinajstić information content (AvgIpc) is 3.08. The molecule has 1 aromatic heterocycles. The molecule has 27 heavy (non-hydrogen) atoms. The highest BCUT2D eigenvalue weighted by Gasteiger charge is 2.11. The van der Waals surface area contributed by atoms with Crippen LogP contribution in [0.2, 0.25) is 0 Å².